The number of benzene rings is 2. The van der Waals surface area contributed by atoms with Crippen molar-refractivity contribution in [1.29, 1.82) is 0 Å². The van der Waals surface area contributed by atoms with Gasteiger partial charge in [0.15, 0.2) is 5.11 Å². The van der Waals surface area contributed by atoms with Gasteiger partial charge in [-0.1, -0.05) is 17.7 Å². The van der Waals surface area contributed by atoms with Gasteiger partial charge in [-0.05, 0) is 68.2 Å². The van der Waals surface area contributed by atoms with Crippen molar-refractivity contribution in [3.63, 3.8) is 0 Å². The van der Waals surface area contributed by atoms with Crippen LogP contribution in [0.2, 0.25) is 5.02 Å². The summed E-state index contributed by atoms with van der Waals surface area (Å²) >= 11 is 11.2. The molecule has 0 aliphatic heterocycles. The predicted octanol–water partition coefficient (Wildman–Crippen LogP) is 3.37. The van der Waals surface area contributed by atoms with E-state index in [-0.39, 0.29) is 4.90 Å². The maximum Gasteiger partial charge on any atom is 0.240 e. The van der Waals surface area contributed by atoms with Crippen LogP contribution in [0.5, 0.6) is 0 Å². The highest BCUT2D eigenvalue weighted by atomic mass is 35.5. The molecule has 2 aromatic carbocycles. The fourth-order valence-corrected chi connectivity index (χ4v) is 2.98. The summed E-state index contributed by atoms with van der Waals surface area (Å²) in [6.07, 6.45) is 0. The third-order valence-electron chi connectivity index (χ3n) is 3.14. The van der Waals surface area contributed by atoms with Crippen LogP contribution in [0.1, 0.15) is 5.56 Å². The summed E-state index contributed by atoms with van der Waals surface area (Å²) in [5.74, 6) is 0. The Hall–Kier alpha value is -1.67. The lowest BCUT2D eigenvalue weighted by atomic mass is 10.2. The van der Waals surface area contributed by atoms with Crippen LogP contribution >= 0.6 is 23.8 Å². The van der Waals surface area contributed by atoms with E-state index in [1.165, 1.54) is 19.2 Å². The van der Waals surface area contributed by atoms with E-state index in [0.29, 0.717) is 15.8 Å². The molecule has 0 heterocycles. The van der Waals surface area contributed by atoms with Crippen molar-refractivity contribution in [3.05, 3.63) is 53.1 Å². The highest BCUT2D eigenvalue weighted by molar-refractivity contribution is 7.89. The molecule has 23 heavy (non-hydrogen) atoms. The van der Waals surface area contributed by atoms with Crippen molar-refractivity contribution in [1.82, 2.24) is 4.72 Å². The van der Waals surface area contributed by atoms with Crippen LogP contribution in [0.4, 0.5) is 11.4 Å². The highest BCUT2D eigenvalue weighted by Crippen LogP contribution is 2.21. The molecule has 0 aliphatic carbocycles. The van der Waals surface area contributed by atoms with Crippen molar-refractivity contribution in [2.75, 3.05) is 17.7 Å². The second-order valence-corrected chi connectivity index (χ2v) is 7.50. The highest BCUT2D eigenvalue weighted by Gasteiger charge is 2.10. The Balaban J connectivity index is 2.07. The number of thiocarbonyl (C=S) groups is 1. The third kappa shape index (κ3) is 4.65. The molecule has 0 atom stereocenters. The zero-order valence-corrected chi connectivity index (χ0v) is 14.9. The summed E-state index contributed by atoms with van der Waals surface area (Å²) in [7, 11) is -2.07. The molecule has 0 amide bonds. The van der Waals surface area contributed by atoms with Gasteiger partial charge in [0, 0.05) is 16.4 Å². The van der Waals surface area contributed by atoms with E-state index in [2.05, 4.69) is 15.4 Å². The average Bonchev–Trinajstić information content (AvgIpc) is 2.51. The van der Waals surface area contributed by atoms with Gasteiger partial charge >= 0.3 is 0 Å². The van der Waals surface area contributed by atoms with Crippen molar-refractivity contribution >= 4 is 50.3 Å². The van der Waals surface area contributed by atoms with E-state index in [1.54, 1.807) is 24.3 Å². The molecule has 122 valence electrons. The molecule has 0 saturated heterocycles. The summed E-state index contributed by atoms with van der Waals surface area (Å²) in [5, 5.41) is 7.06. The van der Waals surface area contributed by atoms with Crippen LogP contribution in [0, 0.1) is 6.92 Å². The smallest absolute Gasteiger partial charge is 0.240 e. The summed E-state index contributed by atoms with van der Waals surface area (Å²) in [6, 6.07) is 11.8. The Morgan fingerprint density at radius 2 is 1.74 bits per heavy atom. The Bertz CT molecular complexity index is 821. The number of aryl methyl sites for hydroxylation is 1. The molecule has 0 fully saturated rings. The molecular weight excluding hydrogens is 354 g/mol. The Morgan fingerprint density at radius 3 is 2.35 bits per heavy atom. The van der Waals surface area contributed by atoms with Gasteiger partial charge in [-0.15, -0.1) is 0 Å². The number of halogens is 1. The molecule has 8 heteroatoms. The molecule has 0 aliphatic rings. The van der Waals surface area contributed by atoms with E-state index in [4.69, 9.17) is 23.8 Å². The van der Waals surface area contributed by atoms with Crippen molar-refractivity contribution in [2.45, 2.75) is 11.8 Å². The van der Waals surface area contributed by atoms with E-state index >= 15 is 0 Å². The monoisotopic (exact) mass is 369 g/mol. The van der Waals surface area contributed by atoms with Gasteiger partial charge in [-0.25, -0.2) is 13.1 Å². The SMILES string of the molecule is CNS(=O)(=O)c1ccc(NC(=S)Nc2cc(Cl)ccc2C)cc1. The second-order valence-electron chi connectivity index (χ2n) is 4.77. The molecule has 0 radical (unpaired) electrons. The third-order valence-corrected chi connectivity index (χ3v) is 5.01. The summed E-state index contributed by atoms with van der Waals surface area (Å²) in [5.41, 5.74) is 2.50. The fourth-order valence-electron chi connectivity index (χ4n) is 1.85. The maximum absolute atomic E-state index is 11.7. The van der Waals surface area contributed by atoms with Gasteiger partial charge in [0.1, 0.15) is 0 Å². The molecule has 2 aromatic rings. The minimum Gasteiger partial charge on any atom is -0.332 e. The predicted molar refractivity (Wildman–Crippen MR) is 98.7 cm³/mol. The van der Waals surface area contributed by atoms with Crippen molar-refractivity contribution in [2.24, 2.45) is 0 Å². The number of anilines is 2. The van der Waals surface area contributed by atoms with Gasteiger partial charge < -0.3 is 10.6 Å². The molecule has 0 unspecified atom stereocenters. The summed E-state index contributed by atoms with van der Waals surface area (Å²) in [6.45, 7) is 1.94. The quantitative estimate of drug-likeness (QED) is 0.721. The molecule has 0 spiro atoms. The lowest BCUT2D eigenvalue weighted by Crippen LogP contribution is -2.20. The van der Waals surface area contributed by atoms with Gasteiger partial charge in [0.25, 0.3) is 0 Å². The molecule has 0 bridgehead atoms. The van der Waals surface area contributed by atoms with Crippen LogP contribution in [-0.4, -0.2) is 20.6 Å². The maximum atomic E-state index is 11.7. The first-order chi connectivity index (χ1) is 10.8. The van der Waals surface area contributed by atoms with E-state index < -0.39 is 10.0 Å². The largest absolute Gasteiger partial charge is 0.332 e. The zero-order valence-electron chi connectivity index (χ0n) is 12.6. The molecule has 2 rings (SSSR count). The Kier molecular flexibility index (Phi) is 5.59. The number of hydrogen-bond acceptors (Lipinski definition) is 3. The van der Waals surface area contributed by atoms with E-state index in [0.717, 1.165) is 11.3 Å². The second kappa shape index (κ2) is 7.27. The first kappa shape index (κ1) is 17.7. The van der Waals surface area contributed by atoms with Gasteiger partial charge in [0.2, 0.25) is 10.0 Å². The van der Waals surface area contributed by atoms with Gasteiger partial charge in [0.05, 0.1) is 4.90 Å². The van der Waals surface area contributed by atoms with Crippen LogP contribution in [0.25, 0.3) is 0 Å². The molecule has 0 saturated carbocycles. The molecule has 5 nitrogen and oxygen atoms in total. The standard InChI is InChI=1S/C15H16ClN3O2S2/c1-10-3-4-11(16)9-14(10)19-15(22)18-12-5-7-13(8-6-12)23(20,21)17-2/h3-9,17H,1-2H3,(H2,18,19,22). The normalized spacial score (nSPS) is 11.1. The average molecular weight is 370 g/mol. The zero-order chi connectivity index (χ0) is 17.0. The van der Waals surface area contributed by atoms with E-state index in [1.807, 2.05) is 13.0 Å². The van der Waals surface area contributed by atoms with Gasteiger partial charge in [-0.3, -0.25) is 0 Å². The minimum atomic E-state index is -3.44. The minimum absolute atomic E-state index is 0.190. The number of nitrogens with one attached hydrogen (secondary N) is 3. The van der Waals surface area contributed by atoms with Crippen LogP contribution in [-0.2, 0) is 10.0 Å². The number of hydrogen-bond donors (Lipinski definition) is 3. The first-order valence-corrected chi connectivity index (χ1v) is 8.96. The summed E-state index contributed by atoms with van der Waals surface area (Å²) < 4.78 is 25.6. The lowest BCUT2D eigenvalue weighted by molar-refractivity contribution is 0.588. The topological polar surface area (TPSA) is 70.2 Å². The van der Waals surface area contributed by atoms with Gasteiger partial charge in [-0.2, -0.15) is 0 Å². The van der Waals surface area contributed by atoms with E-state index in [9.17, 15) is 8.42 Å². The molecular formula is C15H16ClN3O2S2. The first-order valence-electron chi connectivity index (χ1n) is 6.69. The van der Waals surface area contributed by atoms with Crippen LogP contribution in [0.3, 0.4) is 0 Å². The fraction of sp³-hybridized carbons (Fsp3) is 0.133. The van der Waals surface area contributed by atoms with Crippen molar-refractivity contribution in [3.8, 4) is 0 Å². The van der Waals surface area contributed by atoms with Crippen molar-refractivity contribution < 1.29 is 8.42 Å². The lowest BCUT2D eigenvalue weighted by Gasteiger charge is -2.13. The van der Waals surface area contributed by atoms with Crippen LogP contribution in [0.15, 0.2) is 47.4 Å². The van der Waals surface area contributed by atoms with Crippen LogP contribution < -0.4 is 15.4 Å². The number of rotatable bonds is 4. The molecule has 0 aromatic heterocycles. The summed E-state index contributed by atoms with van der Waals surface area (Å²) in [4.78, 5) is 0.190. The number of sulfonamides is 1. The Morgan fingerprint density at radius 1 is 1.09 bits per heavy atom. The molecule has 3 N–H and O–H groups in total. The Labute approximate surface area is 146 Å².